The van der Waals surface area contributed by atoms with Crippen LogP contribution in [0.5, 0.6) is 0 Å². The molecule has 1 saturated heterocycles. The third-order valence-electron chi connectivity index (χ3n) is 4.48. The molecule has 3 heteroatoms. The number of hydrogen-bond donors (Lipinski definition) is 0. The molecular formula is C21H25NO2. The lowest BCUT2D eigenvalue weighted by molar-refractivity contribution is -0.127. The number of benzene rings is 2. The Morgan fingerprint density at radius 3 is 2.88 bits per heavy atom. The molecule has 2 aromatic carbocycles. The van der Waals surface area contributed by atoms with Crippen LogP contribution in [0.2, 0.25) is 0 Å². The molecule has 0 spiro atoms. The molecule has 3 nitrogen and oxygen atoms in total. The molecule has 0 aromatic heterocycles. The zero-order valence-electron chi connectivity index (χ0n) is 14.3. The second-order valence-electron chi connectivity index (χ2n) is 6.32. The molecule has 0 bridgehead atoms. The third kappa shape index (κ3) is 4.04. The Labute approximate surface area is 143 Å². The maximum Gasteiger partial charge on any atom is 0.246 e. The van der Waals surface area contributed by atoms with Crippen LogP contribution in [0.3, 0.4) is 0 Å². The number of ether oxygens (including phenoxy) is 1. The van der Waals surface area contributed by atoms with Gasteiger partial charge in [0.05, 0.1) is 6.10 Å². The molecule has 1 atom stereocenters. The van der Waals surface area contributed by atoms with Crippen molar-refractivity contribution in [2.75, 3.05) is 19.7 Å². The molecule has 0 saturated carbocycles. The van der Waals surface area contributed by atoms with E-state index in [1.165, 1.54) is 10.8 Å². The van der Waals surface area contributed by atoms with Gasteiger partial charge < -0.3 is 9.64 Å². The lowest BCUT2D eigenvalue weighted by Crippen LogP contribution is -2.36. The predicted molar refractivity (Wildman–Crippen MR) is 98.8 cm³/mol. The zero-order chi connectivity index (χ0) is 16.8. The molecule has 1 heterocycles. The van der Waals surface area contributed by atoms with Crippen LogP contribution < -0.4 is 0 Å². The summed E-state index contributed by atoms with van der Waals surface area (Å²) in [7, 11) is 0. The van der Waals surface area contributed by atoms with Crippen molar-refractivity contribution in [2.24, 2.45) is 0 Å². The second kappa shape index (κ2) is 8.11. The summed E-state index contributed by atoms with van der Waals surface area (Å²) < 4.78 is 5.68. The van der Waals surface area contributed by atoms with Crippen molar-refractivity contribution in [1.82, 2.24) is 4.90 Å². The first-order chi connectivity index (χ1) is 11.8. The molecule has 126 valence electrons. The van der Waals surface area contributed by atoms with E-state index in [4.69, 9.17) is 4.74 Å². The number of carbonyl (C=O) groups is 1. The van der Waals surface area contributed by atoms with Crippen molar-refractivity contribution in [3.8, 4) is 0 Å². The van der Waals surface area contributed by atoms with E-state index in [0.29, 0.717) is 6.54 Å². The van der Waals surface area contributed by atoms with E-state index in [0.717, 1.165) is 38.0 Å². The fourth-order valence-electron chi connectivity index (χ4n) is 3.26. The van der Waals surface area contributed by atoms with Gasteiger partial charge in [-0.05, 0) is 41.7 Å². The summed E-state index contributed by atoms with van der Waals surface area (Å²) in [5, 5.41) is 2.36. The molecule has 3 rings (SSSR count). The van der Waals surface area contributed by atoms with Crippen LogP contribution in [0.25, 0.3) is 16.8 Å². The fraction of sp³-hybridized carbons (Fsp3) is 0.381. The standard InChI is InChI=1S/C21H25NO2/c1-2-14-22(16-19-10-6-15-24-19)21(23)13-12-18-9-5-8-17-7-3-4-11-20(17)18/h3-5,7-9,11-13,19H,2,6,10,14-16H2,1H3. The molecule has 2 aromatic rings. The quantitative estimate of drug-likeness (QED) is 0.743. The first kappa shape index (κ1) is 16.7. The summed E-state index contributed by atoms with van der Waals surface area (Å²) in [6.45, 7) is 4.40. The first-order valence-electron chi connectivity index (χ1n) is 8.84. The van der Waals surface area contributed by atoms with Crippen LogP contribution in [0, 0.1) is 0 Å². The summed E-state index contributed by atoms with van der Waals surface area (Å²) in [6, 6.07) is 14.4. The Hall–Kier alpha value is -2.13. The monoisotopic (exact) mass is 323 g/mol. The average Bonchev–Trinajstić information content (AvgIpc) is 3.12. The van der Waals surface area contributed by atoms with Gasteiger partial charge in [-0.3, -0.25) is 4.79 Å². The lowest BCUT2D eigenvalue weighted by Gasteiger charge is -2.23. The molecule has 1 amide bonds. The first-order valence-corrected chi connectivity index (χ1v) is 8.84. The van der Waals surface area contributed by atoms with Crippen LogP contribution >= 0.6 is 0 Å². The maximum absolute atomic E-state index is 12.6. The Morgan fingerprint density at radius 1 is 1.25 bits per heavy atom. The molecule has 0 aliphatic carbocycles. The third-order valence-corrected chi connectivity index (χ3v) is 4.48. The number of rotatable bonds is 6. The van der Waals surface area contributed by atoms with Gasteiger partial charge in [-0.2, -0.15) is 0 Å². The highest BCUT2D eigenvalue weighted by atomic mass is 16.5. The normalized spacial score (nSPS) is 17.6. The van der Waals surface area contributed by atoms with E-state index in [1.54, 1.807) is 6.08 Å². The zero-order valence-corrected chi connectivity index (χ0v) is 14.3. The summed E-state index contributed by atoms with van der Waals surface area (Å²) >= 11 is 0. The number of carbonyl (C=O) groups excluding carboxylic acids is 1. The summed E-state index contributed by atoms with van der Waals surface area (Å²) in [5.41, 5.74) is 1.08. The Kier molecular flexibility index (Phi) is 5.65. The largest absolute Gasteiger partial charge is 0.376 e. The molecule has 0 N–H and O–H groups in total. The van der Waals surface area contributed by atoms with Gasteiger partial charge in [0.25, 0.3) is 0 Å². The molecule has 1 aliphatic rings. The summed E-state index contributed by atoms with van der Waals surface area (Å²) in [5.74, 6) is 0.0697. The van der Waals surface area contributed by atoms with Gasteiger partial charge in [0, 0.05) is 25.8 Å². The van der Waals surface area contributed by atoms with Gasteiger partial charge in [-0.25, -0.2) is 0 Å². The number of fused-ring (bicyclic) bond motifs is 1. The second-order valence-corrected chi connectivity index (χ2v) is 6.32. The fourth-order valence-corrected chi connectivity index (χ4v) is 3.26. The minimum Gasteiger partial charge on any atom is -0.376 e. The van der Waals surface area contributed by atoms with Crippen molar-refractivity contribution < 1.29 is 9.53 Å². The number of nitrogens with zero attached hydrogens (tertiary/aromatic N) is 1. The van der Waals surface area contributed by atoms with Gasteiger partial charge >= 0.3 is 0 Å². The maximum atomic E-state index is 12.6. The van der Waals surface area contributed by atoms with Gasteiger partial charge in [0.1, 0.15) is 0 Å². The average molecular weight is 323 g/mol. The van der Waals surface area contributed by atoms with E-state index in [1.807, 2.05) is 29.2 Å². The summed E-state index contributed by atoms with van der Waals surface area (Å²) in [6.07, 6.45) is 6.95. The highest BCUT2D eigenvalue weighted by Crippen LogP contribution is 2.20. The smallest absolute Gasteiger partial charge is 0.246 e. The SMILES string of the molecule is CCCN(CC1CCCO1)C(=O)C=Cc1cccc2ccccc12. The minimum absolute atomic E-state index is 0.0697. The lowest BCUT2D eigenvalue weighted by atomic mass is 10.0. The molecule has 1 aliphatic heterocycles. The van der Waals surface area contributed by atoms with Crippen molar-refractivity contribution >= 4 is 22.8 Å². The van der Waals surface area contributed by atoms with Crippen LogP contribution in [-0.2, 0) is 9.53 Å². The van der Waals surface area contributed by atoms with Gasteiger partial charge in [0.2, 0.25) is 5.91 Å². The topological polar surface area (TPSA) is 29.5 Å². The van der Waals surface area contributed by atoms with Crippen LogP contribution in [0.1, 0.15) is 31.7 Å². The number of amides is 1. The Bertz CT molecular complexity index is 711. The van der Waals surface area contributed by atoms with Crippen molar-refractivity contribution in [3.05, 3.63) is 54.1 Å². The van der Waals surface area contributed by atoms with Gasteiger partial charge in [-0.15, -0.1) is 0 Å². The van der Waals surface area contributed by atoms with Crippen molar-refractivity contribution in [1.29, 1.82) is 0 Å². The highest BCUT2D eigenvalue weighted by Gasteiger charge is 2.20. The van der Waals surface area contributed by atoms with Crippen LogP contribution in [-0.4, -0.2) is 36.6 Å². The molecule has 1 unspecified atom stereocenters. The molecule has 1 fully saturated rings. The van der Waals surface area contributed by atoms with Gasteiger partial charge in [-0.1, -0.05) is 49.4 Å². The predicted octanol–water partition coefficient (Wildman–Crippen LogP) is 4.27. The molecular weight excluding hydrogens is 298 g/mol. The Balaban J connectivity index is 1.74. The van der Waals surface area contributed by atoms with E-state index in [9.17, 15) is 4.79 Å². The van der Waals surface area contributed by atoms with Gasteiger partial charge in [0.15, 0.2) is 0 Å². The summed E-state index contributed by atoms with van der Waals surface area (Å²) in [4.78, 5) is 14.5. The van der Waals surface area contributed by atoms with E-state index in [-0.39, 0.29) is 12.0 Å². The van der Waals surface area contributed by atoms with E-state index >= 15 is 0 Å². The van der Waals surface area contributed by atoms with Crippen molar-refractivity contribution in [3.63, 3.8) is 0 Å². The van der Waals surface area contributed by atoms with Crippen LogP contribution in [0.15, 0.2) is 48.5 Å². The van der Waals surface area contributed by atoms with E-state index in [2.05, 4.69) is 31.2 Å². The highest BCUT2D eigenvalue weighted by molar-refractivity contribution is 5.96. The minimum atomic E-state index is 0.0697. The van der Waals surface area contributed by atoms with E-state index < -0.39 is 0 Å². The number of hydrogen-bond acceptors (Lipinski definition) is 2. The molecule has 24 heavy (non-hydrogen) atoms. The van der Waals surface area contributed by atoms with Crippen molar-refractivity contribution in [2.45, 2.75) is 32.3 Å². The Morgan fingerprint density at radius 2 is 2.08 bits per heavy atom. The van der Waals surface area contributed by atoms with Crippen LogP contribution in [0.4, 0.5) is 0 Å². The molecule has 0 radical (unpaired) electrons.